The SMILES string of the molecule is NC1(C2CC2)CN(C(=O)N2CCOCC2)C1. The maximum absolute atomic E-state index is 12.1. The molecule has 0 unspecified atom stereocenters. The summed E-state index contributed by atoms with van der Waals surface area (Å²) in [6, 6.07) is 0.144. The second kappa shape index (κ2) is 3.60. The van der Waals surface area contributed by atoms with Gasteiger partial charge in [-0.05, 0) is 18.8 Å². The van der Waals surface area contributed by atoms with Crippen LogP contribution in [0.15, 0.2) is 0 Å². The molecule has 3 rings (SSSR count). The first-order chi connectivity index (χ1) is 7.69. The van der Waals surface area contributed by atoms with E-state index >= 15 is 0 Å². The molecule has 0 aromatic rings. The number of amides is 2. The van der Waals surface area contributed by atoms with E-state index in [2.05, 4.69) is 0 Å². The molecular weight excluding hydrogens is 206 g/mol. The highest BCUT2D eigenvalue weighted by Gasteiger charge is 2.52. The molecule has 0 atom stereocenters. The van der Waals surface area contributed by atoms with Gasteiger partial charge in [-0.2, -0.15) is 0 Å². The third kappa shape index (κ3) is 1.68. The summed E-state index contributed by atoms with van der Waals surface area (Å²) in [5.74, 6) is 0.668. The number of nitrogens with zero attached hydrogens (tertiary/aromatic N) is 2. The van der Waals surface area contributed by atoms with Crippen molar-refractivity contribution < 1.29 is 9.53 Å². The van der Waals surface area contributed by atoms with E-state index in [1.165, 1.54) is 12.8 Å². The number of hydrogen-bond donors (Lipinski definition) is 1. The summed E-state index contributed by atoms with van der Waals surface area (Å²) in [4.78, 5) is 15.8. The van der Waals surface area contributed by atoms with E-state index < -0.39 is 0 Å². The smallest absolute Gasteiger partial charge is 0.320 e. The lowest BCUT2D eigenvalue weighted by Gasteiger charge is -2.49. The van der Waals surface area contributed by atoms with Gasteiger partial charge in [0.2, 0.25) is 0 Å². The Hall–Kier alpha value is -0.810. The predicted octanol–water partition coefficient (Wildman–Crippen LogP) is -0.138. The van der Waals surface area contributed by atoms with Crippen LogP contribution in [0.2, 0.25) is 0 Å². The van der Waals surface area contributed by atoms with Crippen molar-refractivity contribution in [1.29, 1.82) is 0 Å². The van der Waals surface area contributed by atoms with Gasteiger partial charge in [0.1, 0.15) is 0 Å². The molecule has 5 heteroatoms. The van der Waals surface area contributed by atoms with Crippen LogP contribution in [-0.4, -0.2) is 60.8 Å². The molecule has 0 radical (unpaired) electrons. The van der Waals surface area contributed by atoms with Gasteiger partial charge in [-0.25, -0.2) is 4.79 Å². The van der Waals surface area contributed by atoms with Crippen molar-refractivity contribution in [2.75, 3.05) is 39.4 Å². The van der Waals surface area contributed by atoms with E-state index in [4.69, 9.17) is 10.5 Å². The van der Waals surface area contributed by atoms with Crippen molar-refractivity contribution in [3.63, 3.8) is 0 Å². The molecule has 0 aromatic carbocycles. The fraction of sp³-hybridized carbons (Fsp3) is 0.909. The standard InChI is InChI=1S/C11H19N3O2/c12-11(9-1-2-9)7-14(8-11)10(15)13-3-5-16-6-4-13/h9H,1-8,12H2. The average molecular weight is 225 g/mol. The molecule has 1 aliphatic carbocycles. The molecule has 16 heavy (non-hydrogen) atoms. The quantitative estimate of drug-likeness (QED) is 0.676. The Labute approximate surface area is 95.5 Å². The molecule has 2 N–H and O–H groups in total. The summed E-state index contributed by atoms with van der Waals surface area (Å²) in [6.45, 7) is 4.25. The minimum atomic E-state index is -0.0675. The first-order valence-corrected chi connectivity index (χ1v) is 6.09. The topological polar surface area (TPSA) is 58.8 Å². The van der Waals surface area contributed by atoms with Crippen LogP contribution in [0.5, 0.6) is 0 Å². The first-order valence-electron chi connectivity index (χ1n) is 6.09. The molecule has 0 bridgehead atoms. The van der Waals surface area contributed by atoms with Crippen LogP contribution in [0.3, 0.4) is 0 Å². The Morgan fingerprint density at radius 2 is 1.81 bits per heavy atom. The molecule has 1 saturated carbocycles. The molecule has 2 saturated heterocycles. The zero-order valence-corrected chi connectivity index (χ0v) is 9.52. The third-order valence-corrected chi connectivity index (χ3v) is 3.91. The van der Waals surface area contributed by atoms with Crippen LogP contribution in [0, 0.1) is 5.92 Å². The lowest BCUT2D eigenvalue weighted by molar-refractivity contribution is 0.0192. The summed E-state index contributed by atoms with van der Waals surface area (Å²) >= 11 is 0. The van der Waals surface area contributed by atoms with Crippen LogP contribution < -0.4 is 5.73 Å². The maximum atomic E-state index is 12.1. The summed E-state index contributed by atoms with van der Waals surface area (Å²) in [7, 11) is 0. The Balaban J connectivity index is 1.53. The molecule has 3 aliphatic rings. The molecule has 0 spiro atoms. The van der Waals surface area contributed by atoms with Gasteiger partial charge in [-0.1, -0.05) is 0 Å². The van der Waals surface area contributed by atoms with E-state index in [0.717, 1.165) is 26.2 Å². The highest BCUT2D eigenvalue weighted by atomic mass is 16.5. The summed E-state index contributed by atoms with van der Waals surface area (Å²) < 4.78 is 5.23. The lowest BCUT2D eigenvalue weighted by atomic mass is 9.86. The number of likely N-dealkylation sites (tertiary alicyclic amines) is 1. The van der Waals surface area contributed by atoms with Gasteiger partial charge in [-0.3, -0.25) is 0 Å². The number of morpholine rings is 1. The number of hydrogen-bond acceptors (Lipinski definition) is 3. The van der Waals surface area contributed by atoms with Crippen molar-refractivity contribution in [3.8, 4) is 0 Å². The number of rotatable bonds is 1. The van der Waals surface area contributed by atoms with Crippen LogP contribution in [0.4, 0.5) is 4.79 Å². The normalized spacial score (nSPS) is 28.8. The summed E-state index contributed by atoms with van der Waals surface area (Å²) in [6.07, 6.45) is 2.49. The van der Waals surface area contributed by atoms with Crippen molar-refractivity contribution >= 4 is 6.03 Å². The first kappa shape index (κ1) is 10.4. The monoisotopic (exact) mass is 225 g/mol. The molecule has 3 fully saturated rings. The minimum Gasteiger partial charge on any atom is -0.378 e. The molecule has 0 aromatic heterocycles. The molecule has 2 amide bonds. The van der Waals surface area contributed by atoms with Crippen LogP contribution >= 0.6 is 0 Å². The Kier molecular flexibility index (Phi) is 2.33. The maximum Gasteiger partial charge on any atom is 0.320 e. The number of carbonyl (C=O) groups is 1. The second-order valence-corrected chi connectivity index (χ2v) is 5.25. The van der Waals surface area contributed by atoms with Gasteiger partial charge < -0.3 is 20.3 Å². The van der Waals surface area contributed by atoms with Crippen molar-refractivity contribution in [1.82, 2.24) is 9.80 Å². The fourth-order valence-electron chi connectivity index (χ4n) is 2.67. The molecule has 5 nitrogen and oxygen atoms in total. The highest BCUT2D eigenvalue weighted by Crippen LogP contribution is 2.43. The van der Waals surface area contributed by atoms with Crippen molar-refractivity contribution in [3.05, 3.63) is 0 Å². The largest absolute Gasteiger partial charge is 0.378 e. The van der Waals surface area contributed by atoms with Crippen molar-refractivity contribution in [2.45, 2.75) is 18.4 Å². The van der Waals surface area contributed by atoms with Gasteiger partial charge in [0.05, 0.1) is 18.8 Å². The predicted molar refractivity (Wildman–Crippen MR) is 59.0 cm³/mol. The second-order valence-electron chi connectivity index (χ2n) is 5.25. The zero-order chi connectivity index (χ0) is 11.2. The number of carbonyl (C=O) groups excluding carboxylic acids is 1. The van der Waals surface area contributed by atoms with Gasteiger partial charge in [0.15, 0.2) is 0 Å². The molecule has 2 aliphatic heterocycles. The molecular formula is C11H19N3O2. The Morgan fingerprint density at radius 1 is 1.19 bits per heavy atom. The van der Waals surface area contributed by atoms with E-state index in [1.807, 2.05) is 9.80 Å². The summed E-state index contributed by atoms with van der Waals surface area (Å²) in [5.41, 5.74) is 6.16. The van der Waals surface area contributed by atoms with E-state index in [9.17, 15) is 4.79 Å². The van der Waals surface area contributed by atoms with E-state index in [0.29, 0.717) is 19.1 Å². The van der Waals surface area contributed by atoms with Gasteiger partial charge in [0.25, 0.3) is 0 Å². The minimum absolute atomic E-state index is 0.0675. The van der Waals surface area contributed by atoms with Crippen molar-refractivity contribution in [2.24, 2.45) is 11.7 Å². The van der Waals surface area contributed by atoms with E-state index in [1.54, 1.807) is 0 Å². The van der Waals surface area contributed by atoms with Gasteiger partial charge in [-0.15, -0.1) is 0 Å². The number of urea groups is 1. The number of ether oxygens (including phenoxy) is 1. The molecule has 90 valence electrons. The Morgan fingerprint density at radius 3 is 2.38 bits per heavy atom. The fourth-order valence-corrected chi connectivity index (χ4v) is 2.67. The van der Waals surface area contributed by atoms with E-state index in [-0.39, 0.29) is 11.6 Å². The number of nitrogens with two attached hydrogens (primary N) is 1. The van der Waals surface area contributed by atoms with Gasteiger partial charge in [0, 0.05) is 26.2 Å². The summed E-state index contributed by atoms with van der Waals surface area (Å²) in [5, 5.41) is 0. The lowest BCUT2D eigenvalue weighted by Crippen LogP contribution is -2.71. The van der Waals surface area contributed by atoms with Crippen LogP contribution in [0.1, 0.15) is 12.8 Å². The average Bonchev–Trinajstić information content (AvgIpc) is 3.09. The zero-order valence-electron chi connectivity index (χ0n) is 9.52. The Bertz CT molecular complexity index is 292. The van der Waals surface area contributed by atoms with Gasteiger partial charge >= 0.3 is 6.03 Å². The van der Waals surface area contributed by atoms with Crippen LogP contribution in [0.25, 0.3) is 0 Å². The third-order valence-electron chi connectivity index (χ3n) is 3.91. The van der Waals surface area contributed by atoms with Crippen LogP contribution in [-0.2, 0) is 4.74 Å². The molecule has 2 heterocycles. The highest BCUT2D eigenvalue weighted by molar-refractivity contribution is 5.76.